The van der Waals surface area contributed by atoms with Gasteiger partial charge in [-0.1, -0.05) is 22.0 Å². The number of rotatable bonds is 3. The van der Waals surface area contributed by atoms with Gasteiger partial charge in [0.25, 0.3) is 5.91 Å². The Balaban J connectivity index is 1.76. The number of carbonyl (C=O) groups excluding carboxylic acids is 1. The number of halogens is 1. The van der Waals surface area contributed by atoms with Crippen molar-refractivity contribution in [2.24, 2.45) is 11.7 Å². The van der Waals surface area contributed by atoms with Gasteiger partial charge in [-0.05, 0) is 49.9 Å². The molecule has 2 N–H and O–H groups in total. The summed E-state index contributed by atoms with van der Waals surface area (Å²) in [4.78, 5) is 14.6. The topological polar surface area (TPSA) is 64.2 Å². The maximum Gasteiger partial charge on any atom is 0.274 e. The number of hydrogen-bond acceptors (Lipinski definition) is 3. The molecule has 1 saturated heterocycles. The van der Waals surface area contributed by atoms with Crippen LogP contribution >= 0.6 is 15.9 Å². The molecule has 2 heterocycles. The maximum atomic E-state index is 12.7. The van der Waals surface area contributed by atoms with E-state index in [2.05, 4.69) is 21.0 Å². The molecule has 5 nitrogen and oxygen atoms in total. The van der Waals surface area contributed by atoms with Crippen LogP contribution in [0.3, 0.4) is 0 Å². The lowest BCUT2D eigenvalue weighted by Gasteiger charge is -2.34. The molecule has 1 amide bonds. The molecular formula is C17H21BrN4O. The largest absolute Gasteiger partial charge is 0.337 e. The molecule has 0 bridgehead atoms. The number of benzene rings is 1. The molecule has 0 radical (unpaired) electrons. The summed E-state index contributed by atoms with van der Waals surface area (Å²) in [5.74, 6) is 0.365. The van der Waals surface area contributed by atoms with E-state index in [9.17, 15) is 4.79 Å². The number of nitrogens with two attached hydrogens (primary N) is 1. The third-order valence-corrected chi connectivity index (χ3v) is 4.86. The highest BCUT2D eigenvalue weighted by atomic mass is 79.9. The molecule has 2 aromatic rings. The van der Waals surface area contributed by atoms with Crippen molar-refractivity contribution < 1.29 is 4.79 Å². The van der Waals surface area contributed by atoms with Crippen molar-refractivity contribution in [3.8, 4) is 5.69 Å². The normalized spacial score (nSPS) is 19.6. The van der Waals surface area contributed by atoms with Crippen LogP contribution in [0.4, 0.5) is 0 Å². The third-order valence-electron chi connectivity index (χ3n) is 4.37. The monoisotopic (exact) mass is 376 g/mol. The van der Waals surface area contributed by atoms with Crippen LogP contribution in [0.15, 0.2) is 41.0 Å². The molecule has 1 aromatic heterocycles. The minimum Gasteiger partial charge on any atom is -0.337 e. The molecule has 1 fully saturated rings. The Kier molecular flexibility index (Phi) is 4.82. The van der Waals surface area contributed by atoms with Crippen molar-refractivity contribution in [3.63, 3.8) is 0 Å². The van der Waals surface area contributed by atoms with Crippen LogP contribution in [0, 0.1) is 5.92 Å². The average molecular weight is 377 g/mol. The van der Waals surface area contributed by atoms with E-state index in [0.29, 0.717) is 11.6 Å². The predicted octanol–water partition coefficient (Wildman–Crippen LogP) is 2.83. The zero-order valence-electron chi connectivity index (χ0n) is 13.2. The minimum atomic E-state index is -0.0101. The van der Waals surface area contributed by atoms with Crippen LogP contribution in [0.5, 0.6) is 0 Å². The average Bonchev–Trinajstić information content (AvgIpc) is 3.04. The van der Waals surface area contributed by atoms with Gasteiger partial charge in [0.15, 0.2) is 5.69 Å². The summed E-state index contributed by atoms with van der Waals surface area (Å²) in [6.45, 7) is 3.52. The summed E-state index contributed by atoms with van der Waals surface area (Å²) in [7, 11) is 0. The van der Waals surface area contributed by atoms with Gasteiger partial charge in [-0.15, -0.1) is 0 Å². The molecule has 23 heavy (non-hydrogen) atoms. The Hall–Kier alpha value is -1.66. The summed E-state index contributed by atoms with van der Waals surface area (Å²) >= 11 is 3.45. The van der Waals surface area contributed by atoms with Crippen LogP contribution in [0.25, 0.3) is 5.69 Å². The Labute approximate surface area is 144 Å². The highest BCUT2D eigenvalue weighted by Gasteiger charge is 2.27. The molecule has 0 aliphatic carbocycles. The van der Waals surface area contributed by atoms with Gasteiger partial charge in [0.05, 0.1) is 5.69 Å². The smallest absolute Gasteiger partial charge is 0.274 e. The highest BCUT2D eigenvalue weighted by Crippen LogP contribution is 2.21. The molecule has 0 saturated carbocycles. The van der Waals surface area contributed by atoms with E-state index < -0.39 is 0 Å². The first-order chi connectivity index (χ1) is 11.0. The summed E-state index contributed by atoms with van der Waals surface area (Å²) in [5.41, 5.74) is 7.40. The lowest BCUT2D eigenvalue weighted by molar-refractivity contribution is 0.0654. The fourth-order valence-electron chi connectivity index (χ4n) is 2.99. The molecule has 1 aliphatic heterocycles. The Bertz CT molecular complexity index is 697. The zero-order chi connectivity index (χ0) is 16.4. The molecule has 3 rings (SSSR count). The first-order valence-corrected chi connectivity index (χ1v) is 8.70. The van der Waals surface area contributed by atoms with E-state index in [-0.39, 0.29) is 11.9 Å². The van der Waals surface area contributed by atoms with Gasteiger partial charge in [-0.2, -0.15) is 5.10 Å². The summed E-state index contributed by atoms with van der Waals surface area (Å²) in [6.07, 6.45) is 3.92. The van der Waals surface area contributed by atoms with E-state index in [1.165, 1.54) is 0 Å². The van der Waals surface area contributed by atoms with E-state index >= 15 is 0 Å². The van der Waals surface area contributed by atoms with Gasteiger partial charge in [0, 0.05) is 29.8 Å². The second-order valence-corrected chi connectivity index (χ2v) is 7.05. The molecule has 2 atom stereocenters. The van der Waals surface area contributed by atoms with Crippen molar-refractivity contribution in [1.29, 1.82) is 0 Å². The number of nitrogens with zero attached hydrogens (tertiary/aromatic N) is 3. The third kappa shape index (κ3) is 3.64. The molecule has 1 aromatic carbocycles. The van der Waals surface area contributed by atoms with E-state index in [1.807, 2.05) is 42.3 Å². The predicted molar refractivity (Wildman–Crippen MR) is 93.5 cm³/mol. The van der Waals surface area contributed by atoms with E-state index in [4.69, 9.17) is 5.73 Å². The lowest BCUT2D eigenvalue weighted by atomic mass is 9.92. The van der Waals surface area contributed by atoms with Crippen molar-refractivity contribution in [2.75, 3.05) is 13.1 Å². The van der Waals surface area contributed by atoms with Gasteiger partial charge in [-0.3, -0.25) is 4.79 Å². The van der Waals surface area contributed by atoms with E-state index in [0.717, 1.165) is 36.1 Å². The molecule has 1 aliphatic rings. The highest BCUT2D eigenvalue weighted by molar-refractivity contribution is 9.10. The van der Waals surface area contributed by atoms with Crippen LogP contribution < -0.4 is 5.73 Å². The maximum absolute atomic E-state index is 12.7. The first-order valence-electron chi connectivity index (χ1n) is 7.91. The molecule has 122 valence electrons. The first kappa shape index (κ1) is 16.2. The molecule has 0 unspecified atom stereocenters. The Morgan fingerprint density at radius 2 is 2.26 bits per heavy atom. The van der Waals surface area contributed by atoms with Gasteiger partial charge in [0.1, 0.15) is 0 Å². The number of likely N-dealkylation sites (tertiary alicyclic amines) is 1. The lowest BCUT2D eigenvalue weighted by Crippen LogP contribution is -2.45. The minimum absolute atomic E-state index is 0.0101. The Morgan fingerprint density at radius 1 is 1.43 bits per heavy atom. The molecular weight excluding hydrogens is 356 g/mol. The van der Waals surface area contributed by atoms with Crippen molar-refractivity contribution in [3.05, 3.63) is 46.7 Å². The zero-order valence-corrected chi connectivity index (χ0v) is 14.7. The SMILES string of the molecule is C[C@@H](N)[C@H]1CCCN(C(=O)c2ccn(-c3cccc(Br)c3)n2)C1. The van der Waals surface area contributed by atoms with E-state index in [1.54, 1.807) is 10.7 Å². The number of aromatic nitrogens is 2. The molecule has 0 spiro atoms. The van der Waals surface area contributed by atoms with Crippen molar-refractivity contribution in [2.45, 2.75) is 25.8 Å². The summed E-state index contributed by atoms with van der Waals surface area (Å²) in [6, 6.07) is 9.72. The van der Waals surface area contributed by atoms with Crippen molar-refractivity contribution >= 4 is 21.8 Å². The molecule has 6 heteroatoms. The number of piperidine rings is 1. The quantitative estimate of drug-likeness (QED) is 0.895. The Morgan fingerprint density at radius 3 is 3.00 bits per heavy atom. The summed E-state index contributed by atoms with van der Waals surface area (Å²) in [5, 5.41) is 4.44. The standard InChI is InChI=1S/C17H21BrN4O/c1-12(19)13-4-3-8-21(11-13)17(23)16-7-9-22(20-16)15-6-2-5-14(18)10-15/h2,5-7,9-10,12-13H,3-4,8,11,19H2,1H3/t12-,13+/m1/s1. The van der Waals surface area contributed by atoms with Crippen LogP contribution in [-0.4, -0.2) is 39.7 Å². The fraction of sp³-hybridized carbons (Fsp3) is 0.412. The fourth-order valence-corrected chi connectivity index (χ4v) is 3.37. The van der Waals surface area contributed by atoms with Crippen LogP contribution in [0.2, 0.25) is 0 Å². The number of amides is 1. The van der Waals surface area contributed by atoms with Crippen LogP contribution in [0.1, 0.15) is 30.3 Å². The van der Waals surface area contributed by atoms with Gasteiger partial charge in [0.2, 0.25) is 0 Å². The van der Waals surface area contributed by atoms with Gasteiger partial charge >= 0.3 is 0 Å². The van der Waals surface area contributed by atoms with Crippen LogP contribution in [-0.2, 0) is 0 Å². The van der Waals surface area contributed by atoms with Gasteiger partial charge in [-0.25, -0.2) is 4.68 Å². The second kappa shape index (κ2) is 6.84. The summed E-state index contributed by atoms with van der Waals surface area (Å²) < 4.78 is 2.71. The van der Waals surface area contributed by atoms with Gasteiger partial charge < -0.3 is 10.6 Å². The second-order valence-electron chi connectivity index (χ2n) is 6.14. The number of hydrogen-bond donors (Lipinski definition) is 1. The number of carbonyl (C=O) groups is 1. The van der Waals surface area contributed by atoms with Crippen molar-refractivity contribution in [1.82, 2.24) is 14.7 Å².